The number of anilines is 1. The second-order valence-electron chi connectivity index (χ2n) is 5.46. The minimum Gasteiger partial charge on any atom is -0.398 e. The number of rotatable bonds is 3. The standard InChI is InChI=1S/C14H22N2O3S/c1-9-7-13(15)11(3)14(10(9)2)20(18,19)16-6-4-5-12(16)8-17/h7,12,17H,4-6,8,15H2,1-3H3/t12-/m0/s1. The van der Waals surface area contributed by atoms with Crippen LogP contribution in [0.25, 0.3) is 0 Å². The molecule has 0 saturated carbocycles. The molecule has 1 heterocycles. The van der Waals surface area contributed by atoms with Crippen LogP contribution in [0.2, 0.25) is 0 Å². The molecule has 1 saturated heterocycles. The molecule has 0 radical (unpaired) electrons. The number of aliphatic hydroxyl groups excluding tert-OH is 1. The monoisotopic (exact) mass is 298 g/mol. The molecule has 0 aliphatic carbocycles. The zero-order valence-electron chi connectivity index (χ0n) is 12.2. The zero-order chi connectivity index (χ0) is 15.1. The average Bonchev–Trinajstić information content (AvgIpc) is 2.85. The summed E-state index contributed by atoms with van der Waals surface area (Å²) >= 11 is 0. The van der Waals surface area contributed by atoms with Crippen molar-refractivity contribution in [2.24, 2.45) is 0 Å². The summed E-state index contributed by atoms with van der Waals surface area (Å²) in [6, 6.07) is 1.48. The van der Waals surface area contributed by atoms with Crippen molar-refractivity contribution in [2.45, 2.75) is 44.6 Å². The van der Waals surface area contributed by atoms with Gasteiger partial charge in [-0.25, -0.2) is 8.42 Å². The Bertz CT molecular complexity index is 600. The van der Waals surface area contributed by atoms with E-state index < -0.39 is 10.0 Å². The topological polar surface area (TPSA) is 83.6 Å². The first-order valence-corrected chi connectivity index (χ1v) is 8.23. The lowest BCUT2D eigenvalue weighted by molar-refractivity contribution is 0.213. The van der Waals surface area contributed by atoms with Crippen molar-refractivity contribution in [3.8, 4) is 0 Å². The molecule has 1 aliphatic heterocycles. The maximum Gasteiger partial charge on any atom is 0.244 e. The van der Waals surface area contributed by atoms with Crippen LogP contribution in [-0.2, 0) is 10.0 Å². The molecule has 2 rings (SSSR count). The first-order valence-electron chi connectivity index (χ1n) is 6.79. The predicted molar refractivity (Wildman–Crippen MR) is 79.1 cm³/mol. The Morgan fingerprint density at radius 3 is 2.60 bits per heavy atom. The maximum atomic E-state index is 12.9. The van der Waals surface area contributed by atoms with Crippen LogP contribution in [0.3, 0.4) is 0 Å². The van der Waals surface area contributed by atoms with Crippen molar-refractivity contribution in [3.05, 3.63) is 22.8 Å². The Labute approximate surface area is 120 Å². The average molecular weight is 298 g/mol. The fourth-order valence-electron chi connectivity index (χ4n) is 2.85. The summed E-state index contributed by atoms with van der Waals surface area (Å²) in [6.07, 6.45) is 1.49. The van der Waals surface area contributed by atoms with Crippen molar-refractivity contribution in [2.75, 3.05) is 18.9 Å². The molecule has 5 nitrogen and oxygen atoms in total. The largest absolute Gasteiger partial charge is 0.398 e. The van der Waals surface area contributed by atoms with Gasteiger partial charge in [0.15, 0.2) is 0 Å². The highest BCUT2D eigenvalue weighted by molar-refractivity contribution is 7.89. The fraction of sp³-hybridized carbons (Fsp3) is 0.571. The van der Waals surface area contributed by atoms with Gasteiger partial charge in [-0.2, -0.15) is 4.31 Å². The second kappa shape index (κ2) is 5.35. The van der Waals surface area contributed by atoms with Crippen molar-refractivity contribution >= 4 is 15.7 Å². The van der Waals surface area contributed by atoms with Gasteiger partial charge in [-0.15, -0.1) is 0 Å². The number of aryl methyl sites for hydroxylation is 1. The summed E-state index contributed by atoms with van der Waals surface area (Å²) in [6.45, 7) is 5.72. The Morgan fingerprint density at radius 2 is 2.00 bits per heavy atom. The highest BCUT2D eigenvalue weighted by Gasteiger charge is 2.37. The van der Waals surface area contributed by atoms with Gasteiger partial charge in [0.2, 0.25) is 10.0 Å². The minimum atomic E-state index is -3.61. The number of hydrogen-bond donors (Lipinski definition) is 2. The lowest BCUT2D eigenvalue weighted by atomic mass is 10.1. The van der Waals surface area contributed by atoms with Gasteiger partial charge in [0, 0.05) is 18.3 Å². The van der Waals surface area contributed by atoms with E-state index in [2.05, 4.69) is 0 Å². The van der Waals surface area contributed by atoms with Crippen LogP contribution in [0.15, 0.2) is 11.0 Å². The molecular weight excluding hydrogens is 276 g/mol. The molecule has 0 unspecified atom stereocenters. The van der Waals surface area contributed by atoms with Gasteiger partial charge in [0.05, 0.1) is 11.5 Å². The van der Waals surface area contributed by atoms with Gasteiger partial charge in [-0.05, 0) is 56.4 Å². The van der Waals surface area contributed by atoms with Crippen LogP contribution in [0.1, 0.15) is 29.5 Å². The molecule has 1 aromatic carbocycles. The van der Waals surface area contributed by atoms with E-state index >= 15 is 0 Å². The molecule has 112 valence electrons. The lowest BCUT2D eigenvalue weighted by Crippen LogP contribution is -2.38. The van der Waals surface area contributed by atoms with Gasteiger partial charge in [-0.1, -0.05) is 0 Å². The first-order chi connectivity index (χ1) is 9.30. The Kier molecular flexibility index (Phi) is 4.09. The van der Waals surface area contributed by atoms with Crippen molar-refractivity contribution in [1.82, 2.24) is 4.31 Å². The van der Waals surface area contributed by atoms with E-state index in [-0.39, 0.29) is 12.6 Å². The molecule has 1 atom stereocenters. The number of nitrogens with two attached hydrogens (primary N) is 1. The highest BCUT2D eigenvalue weighted by Crippen LogP contribution is 2.33. The summed E-state index contributed by atoms with van der Waals surface area (Å²) in [5, 5.41) is 9.36. The lowest BCUT2D eigenvalue weighted by Gasteiger charge is -2.25. The molecule has 0 amide bonds. The highest BCUT2D eigenvalue weighted by atomic mass is 32.2. The van der Waals surface area contributed by atoms with E-state index in [1.807, 2.05) is 6.92 Å². The number of sulfonamides is 1. The van der Waals surface area contributed by atoms with Crippen LogP contribution in [0.4, 0.5) is 5.69 Å². The van der Waals surface area contributed by atoms with Crippen LogP contribution in [0, 0.1) is 20.8 Å². The molecule has 1 aromatic rings. The predicted octanol–water partition coefficient (Wildman–Crippen LogP) is 1.34. The van der Waals surface area contributed by atoms with Crippen LogP contribution < -0.4 is 5.73 Å². The number of hydrogen-bond acceptors (Lipinski definition) is 4. The van der Waals surface area contributed by atoms with Crippen LogP contribution in [0.5, 0.6) is 0 Å². The minimum absolute atomic E-state index is 0.140. The van der Waals surface area contributed by atoms with Crippen molar-refractivity contribution in [3.63, 3.8) is 0 Å². The molecule has 1 fully saturated rings. The van der Waals surface area contributed by atoms with E-state index in [0.717, 1.165) is 17.5 Å². The van der Waals surface area contributed by atoms with Crippen molar-refractivity contribution in [1.29, 1.82) is 0 Å². The molecule has 0 spiro atoms. The Hall–Kier alpha value is -1.11. The number of nitrogens with zero attached hydrogens (tertiary/aromatic N) is 1. The third-order valence-corrected chi connectivity index (χ3v) is 6.40. The second-order valence-corrected chi connectivity index (χ2v) is 7.28. The quantitative estimate of drug-likeness (QED) is 0.825. The maximum absolute atomic E-state index is 12.9. The summed E-state index contributed by atoms with van der Waals surface area (Å²) < 4.78 is 27.2. The van der Waals surface area contributed by atoms with E-state index in [0.29, 0.717) is 29.1 Å². The fourth-order valence-corrected chi connectivity index (χ4v) is 5.07. The first kappa shape index (κ1) is 15.3. The van der Waals surface area contributed by atoms with E-state index in [4.69, 9.17) is 5.73 Å². The van der Waals surface area contributed by atoms with Gasteiger partial charge < -0.3 is 10.8 Å². The van der Waals surface area contributed by atoms with Crippen LogP contribution >= 0.6 is 0 Å². The number of aliphatic hydroxyl groups is 1. The third-order valence-electron chi connectivity index (χ3n) is 4.18. The number of nitrogen functional groups attached to an aromatic ring is 1. The number of benzene rings is 1. The van der Waals surface area contributed by atoms with Gasteiger partial charge in [0.1, 0.15) is 0 Å². The molecule has 6 heteroatoms. The summed E-state index contributed by atoms with van der Waals surface area (Å²) in [5.41, 5.74) is 8.61. The molecule has 3 N–H and O–H groups in total. The van der Waals surface area contributed by atoms with Crippen molar-refractivity contribution < 1.29 is 13.5 Å². The molecule has 1 aliphatic rings. The Morgan fingerprint density at radius 1 is 1.35 bits per heavy atom. The van der Waals surface area contributed by atoms with Crippen LogP contribution in [-0.4, -0.2) is 37.0 Å². The zero-order valence-corrected chi connectivity index (χ0v) is 13.0. The third kappa shape index (κ3) is 2.32. The molecule has 0 bridgehead atoms. The van der Waals surface area contributed by atoms with Gasteiger partial charge in [-0.3, -0.25) is 0 Å². The summed E-state index contributed by atoms with van der Waals surface area (Å²) in [5.74, 6) is 0. The van der Waals surface area contributed by atoms with E-state index in [1.54, 1.807) is 19.9 Å². The summed E-state index contributed by atoms with van der Waals surface area (Å²) in [7, 11) is -3.61. The SMILES string of the molecule is Cc1cc(N)c(C)c(S(=O)(=O)N2CCC[C@H]2CO)c1C. The Balaban J connectivity index is 2.61. The van der Waals surface area contributed by atoms with Gasteiger partial charge in [0.25, 0.3) is 0 Å². The van der Waals surface area contributed by atoms with E-state index in [1.165, 1.54) is 4.31 Å². The molecule has 0 aromatic heterocycles. The molecule has 20 heavy (non-hydrogen) atoms. The normalized spacial score (nSPS) is 20.5. The summed E-state index contributed by atoms with van der Waals surface area (Å²) in [4.78, 5) is 0.301. The van der Waals surface area contributed by atoms with Gasteiger partial charge >= 0.3 is 0 Å². The van der Waals surface area contributed by atoms with E-state index in [9.17, 15) is 13.5 Å². The molecular formula is C14H22N2O3S. The smallest absolute Gasteiger partial charge is 0.244 e.